The number of halogens is 1. The van der Waals surface area contributed by atoms with Crippen LogP contribution in [0.25, 0.3) is 26.8 Å². The third-order valence-corrected chi connectivity index (χ3v) is 5.36. The summed E-state index contributed by atoms with van der Waals surface area (Å²) in [7, 11) is 0. The van der Waals surface area contributed by atoms with Crippen molar-refractivity contribution in [2.75, 3.05) is 0 Å². The van der Waals surface area contributed by atoms with E-state index in [1.54, 1.807) is 11.3 Å². The van der Waals surface area contributed by atoms with E-state index in [0.29, 0.717) is 10.7 Å². The van der Waals surface area contributed by atoms with Crippen molar-refractivity contribution in [1.29, 1.82) is 0 Å². The summed E-state index contributed by atoms with van der Waals surface area (Å²) in [6.07, 6.45) is 0.876. The minimum Gasteiger partial charge on any atom is -0.296 e. The molecular weight excluding hydrogens is 336 g/mol. The second-order valence-electron chi connectivity index (χ2n) is 4.69. The molecule has 3 nitrogen and oxygen atoms in total. The number of carbonyl (C=O) groups excluding carboxylic acids is 1. The van der Waals surface area contributed by atoms with E-state index in [1.165, 1.54) is 11.3 Å². The van der Waals surface area contributed by atoms with Gasteiger partial charge in [-0.1, -0.05) is 29.8 Å². The first-order chi connectivity index (χ1) is 10.8. The van der Waals surface area contributed by atoms with E-state index in [1.807, 2.05) is 51.6 Å². The van der Waals surface area contributed by atoms with Gasteiger partial charge < -0.3 is 0 Å². The summed E-state index contributed by atoms with van der Waals surface area (Å²) in [6.45, 7) is 0. The number of hydrogen-bond donors (Lipinski definition) is 0. The molecule has 0 aliphatic carbocycles. The van der Waals surface area contributed by atoms with Crippen molar-refractivity contribution in [3.05, 3.63) is 57.9 Å². The molecule has 0 aliphatic rings. The fraction of sp³-hybridized carbons (Fsp3) is 0. The van der Waals surface area contributed by atoms with Crippen LogP contribution in [0.4, 0.5) is 0 Å². The van der Waals surface area contributed by atoms with Crippen LogP contribution in [0.1, 0.15) is 10.5 Å². The molecule has 0 saturated heterocycles. The van der Waals surface area contributed by atoms with Gasteiger partial charge in [0.25, 0.3) is 0 Å². The maximum atomic E-state index is 11.7. The van der Waals surface area contributed by atoms with E-state index in [-0.39, 0.29) is 0 Å². The molecule has 0 bridgehead atoms. The molecule has 4 rings (SSSR count). The maximum absolute atomic E-state index is 11.7. The summed E-state index contributed by atoms with van der Waals surface area (Å²) in [5.41, 5.74) is 3.29. The Morgan fingerprint density at radius 3 is 2.64 bits per heavy atom. The van der Waals surface area contributed by atoms with Gasteiger partial charge in [-0.25, -0.2) is 4.98 Å². The Kier molecular flexibility index (Phi) is 3.33. The first-order valence-electron chi connectivity index (χ1n) is 6.53. The average Bonchev–Trinajstić information content (AvgIpc) is 3.23. The van der Waals surface area contributed by atoms with E-state index >= 15 is 0 Å². The molecule has 0 fully saturated rings. The van der Waals surface area contributed by atoms with Crippen molar-refractivity contribution in [2.24, 2.45) is 0 Å². The zero-order valence-corrected chi connectivity index (χ0v) is 13.6. The molecule has 0 aliphatic heterocycles. The van der Waals surface area contributed by atoms with Crippen LogP contribution in [-0.2, 0) is 0 Å². The Morgan fingerprint density at radius 1 is 1.14 bits per heavy atom. The molecule has 0 saturated carbocycles. The summed E-state index contributed by atoms with van der Waals surface area (Å²) in [5, 5.41) is 4.68. The molecular formula is C16H9ClN2OS2. The van der Waals surface area contributed by atoms with E-state index < -0.39 is 0 Å². The molecule has 3 aromatic heterocycles. The highest BCUT2D eigenvalue weighted by molar-refractivity contribution is 7.15. The summed E-state index contributed by atoms with van der Waals surface area (Å²) in [5.74, 6) is 0. The van der Waals surface area contributed by atoms with Gasteiger partial charge in [-0.2, -0.15) is 0 Å². The van der Waals surface area contributed by atoms with E-state index in [2.05, 4.69) is 4.98 Å². The first-order valence-corrected chi connectivity index (χ1v) is 8.66. The van der Waals surface area contributed by atoms with Gasteiger partial charge in [0.2, 0.25) is 0 Å². The number of hydrogen-bond acceptors (Lipinski definition) is 4. The Balaban J connectivity index is 1.98. The Labute approximate surface area is 139 Å². The summed E-state index contributed by atoms with van der Waals surface area (Å²) in [6, 6.07) is 11.5. The van der Waals surface area contributed by atoms with Gasteiger partial charge in [0.15, 0.2) is 11.2 Å². The number of fused-ring (bicyclic) bond motifs is 1. The zero-order valence-electron chi connectivity index (χ0n) is 11.2. The lowest BCUT2D eigenvalue weighted by Gasteiger charge is -2.02. The normalized spacial score (nSPS) is 11.1. The van der Waals surface area contributed by atoms with Crippen molar-refractivity contribution in [1.82, 2.24) is 9.38 Å². The second-order valence-corrected chi connectivity index (χ2v) is 6.91. The fourth-order valence-corrected chi connectivity index (χ4v) is 4.16. The van der Waals surface area contributed by atoms with Crippen LogP contribution in [-0.4, -0.2) is 15.7 Å². The van der Waals surface area contributed by atoms with Crippen molar-refractivity contribution >= 4 is 45.5 Å². The van der Waals surface area contributed by atoms with Crippen LogP contribution in [0.3, 0.4) is 0 Å². The third-order valence-electron chi connectivity index (χ3n) is 3.41. The van der Waals surface area contributed by atoms with Gasteiger partial charge in [-0.3, -0.25) is 9.20 Å². The predicted octanol–water partition coefficient (Wildman–Crippen LogP) is 5.26. The quantitative estimate of drug-likeness (QED) is 0.475. The molecule has 0 amide bonds. The summed E-state index contributed by atoms with van der Waals surface area (Å²) < 4.78 is 1.91. The second kappa shape index (κ2) is 5.35. The number of benzene rings is 1. The van der Waals surface area contributed by atoms with Crippen LogP contribution in [0.2, 0.25) is 5.02 Å². The van der Waals surface area contributed by atoms with E-state index in [0.717, 1.165) is 33.1 Å². The highest BCUT2D eigenvalue weighted by Crippen LogP contribution is 2.34. The average molecular weight is 345 g/mol. The van der Waals surface area contributed by atoms with Gasteiger partial charge in [-0.05, 0) is 29.1 Å². The lowest BCUT2D eigenvalue weighted by Crippen LogP contribution is -1.93. The highest BCUT2D eigenvalue weighted by atomic mass is 35.5. The van der Waals surface area contributed by atoms with E-state index in [4.69, 9.17) is 11.6 Å². The van der Waals surface area contributed by atoms with Gasteiger partial charge in [0, 0.05) is 10.4 Å². The number of nitrogens with zero attached hydrogens (tertiary/aromatic N) is 2. The monoisotopic (exact) mass is 344 g/mol. The smallest absolute Gasteiger partial charge is 0.195 e. The van der Waals surface area contributed by atoms with Gasteiger partial charge >= 0.3 is 0 Å². The van der Waals surface area contributed by atoms with Gasteiger partial charge in [0.05, 0.1) is 10.6 Å². The number of imidazole rings is 1. The molecule has 3 heterocycles. The van der Waals surface area contributed by atoms with Crippen LogP contribution in [0.5, 0.6) is 0 Å². The van der Waals surface area contributed by atoms with Crippen molar-refractivity contribution < 1.29 is 4.79 Å². The molecule has 108 valence electrons. The third kappa shape index (κ3) is 2.09. The SMILES string of the molecule is O=Cc1c(-c2cccs2)nc2scc(-c3ccc(Cl)cc3)n12. The molecule has 0 unspecified atom stereocenters. The minimum absolute atomic E-state index is 0.587. The van der Waals surface area contributed by atoms with Crippen molar-refractivity contribution in [2.45, 2.75) is 0 Å². The van der Waals surface area contributed by atoms with Crippen LogP contribution < -0.4 is 0 Å². The summed E-state index contributed by atoms with van der Waals surface area (Å²) in [4.78, 5) is 18.1. The molecule has 0 spiro atoms. The maximum Gasteiger partial charge on any atom is 0.195 e. The topological polar surface area (TPSA) is 34.4 Å². The fourth-order valence-electron chi connectivity index (χ4n) is 2.41. The number of aldehydes is 1. The highest BCUT2D eigenvalue weighted by Gasteiger charge is 2.18. The molecule has 0 atom stereocenters. The Morgan fingerprint density at radius 2 is 1.95 bits per heavy atom. The Hall–Kier alpha value is -1.95. The molecule has 22 heavy (non-hydrogen) atoms. The largest absolute Gasteiger partial charge is 0.296 e. The lowest BCUT2D eigenvalue weighted by atomic mass is 10.2. The molecule has 1 aromatic carbocycles. The number of thiophene rings is 1. The van der Waals surface area contributed by atoms with Crippen molar-refractivity contribution in [3.63, 3.8) is 0 Å². The van der Waals surface area contributed by atoms with Gasteiger partial charge in [-0.15, -0.1) is 22.7 Å². The molecule has 6 heteroatoms. The molecule has 4 aromatic rings. The van der Waals surface area contributed by atoms with Crippen LogP contribution >= 0.6 is 34.3 Å². The number of aromatic nitrogens is 2. The Bertz CT molecular complexity index is 952. The zero-order chi connectivity index (χ0) is 15.1. The van der Waals surface area contributed by atoms with Gasteiger partial charge in [0.1, 0.15) is 11.4 Å². The van der Waals surface area contributed by atoms with Crippen LogP contribution in [0.15, 0.2) is 47.2 Å². The lowest BCUT2D eigenvalue weighted by molar-refractivity contribution is 0.111. The number of thiazole rings is 1. The van der Waals surface area contributed by atoms with Crippen molar-refractivity contribution in [3.8, 4) is 21.8 Å². The number of rotatable bonds is 3. The summed E-state index contributed by atoms with van der Waals surface area (Å²) >= 11 is 9.06. The van der Waals surface area contributed by atoms with Crippen LogP contribution in [0, 0.1) is 0 Å². The predicted molar refractivity (Wildman–Crippen MR) is 92.2 cm³/mol. The molecule has 0 radical (unpaired) electrons. The first kappa shape index (κ1) is 13.7. The molecule has 0 N–H and O–H groups in total. The number of carbonyl (C=O) groups is 1. The minimum atomic E-state index is 0.587. The standard InChI is InChI=1S/C16H9ClN2OS2/c17-11-5-3-10(4-6-11)13-9-22-16-18-15(12(8-20)19(13)16)14-2-1-7-21-14/h1-9H. The van der Waals surface area contributed by atoms with E-state index in [9.17, 15) is 4.79 Å².